The second kappa shape index (κ2) is 5.89. The van der Waals surface area contributed by atoms with Gasteiger partial charge in [0.15, 0.2) is 5.54 Å². The number of carbonyl (C=O) groups is 1. The molecule has 0 spiro atoms. The number of hydrogen-bond acceptors (Lipinski definition) is 6. The lowest BCUT2D eigenvalue weighted by Crippen LogP contribution is -2.41. The average Bonchev–Trinajstić information content (AvgIpc) is 3.22. The van der Waals surface area contributed by atoms with Crippen LogP contribution >= 0.6 is 0 Å². The van der Waals surface area contributed by atoms with Gasteiger partial charge in [0.2, 0.25) is 0 Å². The number of rotatable bonds is 4. The largest absolute Gasteiger partial charge is 0.496 e. The van der Waals surface area contributed by atoms with E-state index in [1.54, 1.807) is 24.7 Å². The van der Waals surface area contributed by atoms with Gasteiger partial charge in [-0.1, -0.05) is 0 Å². The van der Waals surface area contributed by atoms with Gasteiger partial charge < -0.3 is 18.8 Å². The van der Waals surface area contributed by atoms with Crippen LogP contribution in [0.5, 0.6) is 11.5 Å². The van der Waals surface area contributed by atoms with Gasteiger partial charge in [-0.15, -0.1) is 0 Å². The smallest absolute Gasteiger partial charge is 0.336 e. The van der Waals surface area contributed by atoms with E-state index in [0.717, 1.165) is 5.69 Å². The number of aromatic nitrogens is 2. The molecule has 3 rings (SSSR count). The van der Waals surface area contributed by atoms with Crippen LogP contribution in [0.3, 0.4) is 0 Å². The second-order valence-electron chi connectivity index (χ2n) is 5.47. The first-order chi connectivity index (χ1) is 11.6. The maximum Gasteiger partial charge on any atom is 0.336 e. The van der Waals surface area contributed by atoms with Gasteiger partial charge in [0.1, 0.15) is 17.6 Å². The number of nitrogens with zero attached hydrogens (tertiary/aromatic N) is 3. The molecule has 0 saturated carbocycles. The molecule has 0 fully saturated rings. The molecule has 2 aromatic rings. The molecule has 1 aromatic heterocycles. The minimum atomic E-state index is -1.09. The number of methoxy groups -OCH3 is 3. The molecule has 1 unspecified atom stereocenters. The zero-order valence-corrected chi connectivity index (χ0v) is 13.7. The zero-order chi connectivity index (χ0) is 17.3. The van der Waals surface area contributed by atoms with E-state index in [0.29, 0.717) is 35.5 Å². The normalized spacial score (nSPS) is 18.6. The Morgan fingerprint density at radius 3 is 2.67 bits per heavy atom. The summed E-state index contributed by atoms with van der Waals surface area (Å²) < 4.78 is 17.7. The number of fused-ring (bicyclic) bond motifs is 1. The Morgan fingerprint density at radius 2 is 2.04 bits per heavy atom. The van der Waals surface area contributed by atoms with Crippen molar-refractivity contribution in [2.75, 3.05) is 21.3 Å². The van der Waals surface area contributed by atoms with Crippen LogP contribution < -0.4 is 9.47 Å². The molecule has 1 aliphatic heterocycles. The lowest BCUT2D eigenvalue weighted by molar-refractivity contribution is -0.148. The number of ether oxygens (including phenoxy) is 3. The van der Waals surface area contributed by atoms with E-state index >= 15 is 0 Å². The fourth-order valence-electron chi connectivity index (χ4n) is 3.33. The van der Waals surface area contributed by atoms with Gasteiger partial charge in [-0.05, 0) is 18.9 Å². The Hall–Kier alpha value is -3.01. The molecule has 2 heterocycles. The Kier molecular flexibility index (Phi) is 3.89. The summed E-state index contributed by atoms with van der Waals surface area (Å²) in [6.45, 7) is 0. The first kappa shape index (κ1) is 15.9. The lowest BCUT2D eigenvalue weighted by atomic mass is 9.86. The maximum absolute atomic E-state index is 12.8. The van der Waals surface area contributed by atoms with E-state index in [1.165, 1.54) is 21.3 Å². The molecule has 24 heavy (non-hydrogen) atoms. The monoisotopic (exact) mass is 327 g/mol. The van der Waals surface area contributed by atoms with Crippen molar-refractivity contribution in [1.82, 2.24) is 9.55 Å². The molecule has 7 nitrogen and oxygen atoms in total. The van der Waals surface area contributed by atoms with Crippen molar-refractivity contribution in [1.29, 1.82) is 5.26 Å². The van der Waals surface area contributed by atoms with E-state index in [2.05, 4.69) is 11.1 Å². The Labute approximate surface area is 139 Å². The van der Waals surface area contributed by atoms with Gasteiger partial charge in [0.05, 0.1) is 33.2 Å². The molecule has 0 radical (unpaired) electrons. The van der Waals surface area contributed by atoms with Crippen LogP contribution in [-0.2, 0) is 21.5 Å². The highest BCUT2D eigenvalue weighted by molar-refractivity contribution is 5.85. The van der Waals surface area contributed by atoms with Crippen molar-refractivity contribution in [2.24, 2.45) is 0 Å². The van der Waals surface area contributed by atoms with E-state index in [4.69, 9.17) is 14.2 Å². The number of carbonyl (C=O) groups excluding carboxylic acids is 1. The first-order valence-electron chi connectivity index (χ1n) is 7.39. The number of aryl methyl sites for hydroxylation is 1. The quantitative estimate of drug-likeness (QED) is 0.793. The molecular formula is C17H17N3O4. The zero-order valence-electron chi connectivity index (χ0n) is 13.7. The summed E-state index contributed by atoms with van der Waals surface area (Å²) in [5.74, 6) is 0.397. The highest BCUT2D eigenvalue weighted by atomic mass is 16.5. The molecule has 0 saturated heterocycles. The van der Waals surface area contributed by atoms with Crippen molar-refractivity contribution < 1.29 is 19.0 Å². The summed E-state index contributed by atoms with van der Waals surface area (Å²) >= 11 is 0. The van der Waals surface area contributed by atoms with Crippen LogP contribution in [0.4, 0.5) is 0 Å². The Bertz CT molecular complexity index is 837. The number of hydrogen-bond donors (Lipinski definition) is 0. The van der Waals surface area contributed by atoms with Crippen LogP contribution in [0.25, 0.3) is 0 Å². The third-order valence-electron chi connectivity index (χ3n) is 4.48. The second-order valence-corrected chi connectivity index (χ2v) is 5.47. The number of imidazole rings is 1. The molecule has 1 aliphatic rings. The van der Waals surface area contributed by atoms with Gasteiger partial charge in [-0.3, -0.25) is 0 Å². The summed E-state index contributed by atoms with van der Waals surface area (Å²) in [4.78, 5) is 16.9. The highest BCUT2D eigenvalue weighted by Crippen LogP contribution is 2.45. The third kappa shape index (κ3) is 2.03. The van der Waals surface area contributed by atoms with Crippen LogP contribution in [0.15, 0.2) is 24.7 Å². The minimum absolute atomic E-state index is 0.335. The predicted octanol–water partition coefficient (Wildman–Crippen LogP) is 1.63. The van der Waals surface area contributed by atoms with Crippen LogP contribution in [0, 0.1) is 11.3 Å². The summed E-state index contributed by atoms with van der Waals surface area (Å²) in [6.07, 6.45) is 4.55. The third-order valence-corrected chi connectivity index (χ3v) is 4.48. The fourth-order valence-corrected chi connectivity index (χ4v) is 3.33. The van der Waals surface area contributed by atoms with Gasteiger partial charge in [-0.25, -0.2) is 9.78 Å². The topological polar surface area (TPSA) is 86.4 Å². The molecule has 1 atom stereocenters. The van der Waals surface area contributed by atoms with Gasteiger partial charge in [-0.2, -0.15) is 5.26 Å². The highest BCUT2D eigenvalue weighted by Gasteiger charge is 2.50. The molecule has 0 N–H and O–H groups in total. The predicted molar refractivity (Wildman–Crippen MR) is 83.9 cm³/mol. The standard InChI is InChI=1S/C17H17N3O4/c1-22-14-7-13(15(23-2)6-11(14)8-18)17(16(21)24-3)5-4-12-9-19-10-20(12)17/h6-7,9-10H,4-5H2,1-3H3. The van der Waals surface area contributed by atoms with Gasteiger partial charge in [0, 0.05) is 23.5 Å². The number of nitriles is 1. The summed E-state index contributed by atoms with van der Waals surface area (Å²) in [6, 6.07) is 5.32. The molecule has 7 heteroatoms. The summed E-state index contributed by atoms with van der Waals surface area (Å²) in [5, 5.41) is 9.28. The van der Waals surface area contributed by atoms with Crippen LogP contribution in [-0.4, -0.2) is 36.8 Å². The lowest BCUT2D eigenvalue weighted by Gasteiger charge is -2.30. The summed E-state index contributed by atoms with van der Waals surface area (Å²) in [7, 11) is 4.34. The molecule has 0 bridgehead atoms. The van der Waals surface area contributed by atoms with Crippen molar-refractivity contribution in [3.05, 3.63) is 41.5 Å². The molecule has 0 aliphatic carbocycles. The van der Waals surface area contributed by atoms with Crippen molar-refractivity contribution >= 4 is 5.97 Å². The molecule has 0 amide bonds. The first-order valence-corrected chi connectivity index (χ1v) is 7.39. The van der Waals surface area contributed by atoms with Crippen LogP contribution in [0.2, 0.25) is 0 Å². The maximum atomic E-state index is 12.8. The minimum Gasteiger partial charge on any atom is -0.496 e. The SMILES string of the molecule is COC(=O)C1(c2cc(OC)c(C#N)cc2OC)CCc2cncn21. The Balaban J connectivity index is 2.32. The van der Waals surface area contributed by atoms with Crippen molar-refractivity contribution in [3.63, 3.8) is 0 Å². The molecular weight excluding hydrogens is 310 g/mol. The number of benzene rings is 1. The summed E-state index contributed by atoms with van der Waals surface area (Å²) in [5.41, 5.74) is 0.768. The molecule has 1 aromatic carbocycles. The van der Waals surface area contributed by atoms with Gasteiger partial charge >= 0.3 is 5.97 Å². The Morgan fingerprint density at radius 1 is 1.29 bits per heavy atom. The van der Waals surface area contributed by atoms with E-state index in [1.807, 2.05) is 4.57 Å². The average molecular weight is 327 g/mol. The van der Waals surface area contributed by atoms with Gasteiger partial charge in [0.25, 0.3) is 0 Å². The molecule has 124 valence electrons. The van der Waals surface area contributed by atoms with Crippen molar-refractivity contribution in [3.8, 4) is 17.6 Å². The van der Waals surface area contributed by atoms with E-state index in [9.17, 15) is 10.1 Å². The number of esters is 1. The van der Waals surface area contributed by atoms with Crippen LogP contribution in [0.1, 0.15) is 23.2 Å². The van der Waals surface area contributed by atoms with E-state index < -0.39 is 11.5 Å². The van der Waals surface area contributed by atoms with Crippen molar-refractivity contribution in [2.45, 2.75) is 18.4 Å². The fraction of sp³-hybridized carbons (Fsp3) is 0.353. The van der Waals surface area contributed by atoms with E-state index in [-0.39, 0.29) is 0 Å².